The molecule has 0 aliphatic carbocycles. The molecule has 0 bridgehead atoms. The average Bonchev–Trinajstić information content (AvgIpc) is 3.59. The van der Waals surface area contributed by atoms with Crippen LogP contribution in [0.15, 0.2) is 42.5 Å². The molecule has 1 saturated heterocycles. The largest absolute Gasteiger partial charge is 0.454 e. The van der Waals surface area contributed by atoms with Gasteiger partial charge in [0.2, 0.25) is 12.7 Å². The maximum Gasteiger partial charge on any atom is 0.231 e. The van der Waals surface area contributed by atoms with E-state index in [0.717, 1.165) is 57.6 Å². The number of hydrogen-bond acceptors (Lipinski definition) is 7. The summed E-state index contributed by atoms with van der Waals surface area (Å²) in [4.78, 5) is 20.0. The van der Waals surface area contributed by atoms with E-state index in [-0.39, 0.29) is 24.4 Å². The van der Waals surface area contributed by atoms with Crippen molar-refractivity contribution in [2.24, 2.45) is 5.92 Å². The molecule has 1 atom stereocenters. The monoisotopic (exact) mass is 493 g/mol. The number of piperidine rings is 1. The highest BCUT2D eigenvalue weighted by Gasteiger charge is 2.28. The Hall–Kier alpha value is -3.66. The lowest BCUT2D eigenvalue weighted by Gasteiger charge is -2.31. The van der Waals surface area contributed by atoms with Crippen LogP contribution in [-0.4, -0.2) is 40.6 Å². The summed E-state index contributed by atoms with van der Waals surface area (Å²) < 4.78 is 26.9. The van der Waals surface area contributed by atoms with Crippen molar-refractivity contribution in [3.05, 3.63) is 59.5 Å². The SMILES string of the molecule is Cc1nn(-c2ccc(F)cc2)c2nc(N3CCC[C@@H](C(=O)NCc4ccc5c(c4)OCO5)C3)sc12. The second kappa shape index (κ2) is 8.84. The van der Waals surface area contributed by atoms with Gasteiger partial charge < -0.3 is 19.7 Å². The molecule has 4 aromatic rings. The minimum Gasteiger partial charge on any atom is -0.454 e. The lowest BCUT2D eigenvalue weighted by Crippen LogP contribution is -2.43. The van der Waals surface area contributed by atoms with Gasteiger partial charge in [-0.3, -0.25) is 4.79 Å². The number of aryl methyl sites for hydroxylation is 1. The molecule has 8 nitrogen and oxygen atoms in total. The number of halogens is 1. The quantitative estimate of drug-likeness (QED) is 0.449. The minimum atomic E-state index is -0.288. The number of nitrogens with one attached hydrogen (secondary N) is 1. The molecule has 1 fully saturated rings. The van der Waals surface area contributed by atoms with E-state index >= 15 is 0 Å². The summed E-state index contributed by atoms with van der Waals surface area (Å²) in [6.07, 6.45) is 1.76. The van der Waals surface area contributed by atoms with Crippen LogP contribution >= 0.6 is 11.3 Å². The van der Waals surface area contributed by atoms with Gasteiger partial charge in [-0.05, 0) is 61.7 Å². The van der Waals surface area contributed by atoms with Crippen LogP contribution in [-0.2, 0) is 11.3 Å². The summed E-state index contributed by atoms with van der Waals surface area (Å²) in [6, 6.07) is 11.9. The first-order valence-electron chi connectivity index (χ1n) is 11.6. The van der Waals surface area contributed by atoms with Crippen LogP contribution in [0.1, 0.15) is 24.1 Å². The number of amides is 1. The highest BCUT2D eigenvalue weighted by molar-refractivity contribution is 7.22. The van der Waals surface area contributed by atoms with Gasteiger partial charge >= 0.3 is 0 Å². The smallest absolute Gasteiger partial charge is 0.231 e. The zero-order chi connectivity index (χ0) is 23.9. The summed E-state index contributed by atoms with van der Waals surface area (Å²) in [7, 11) is 0. The van der Waals surface area contributed by atoms with Crippen molar-refractivity contribution in [1.29, 1.82) is 0 Å². The van der Waals surface area contributed by atoms with Crippen molar-refractivity contribution in [2.75, 3.05) is 24.8 Å². The molecule has 2 aliphatic rings. The van der Waals surface area contributed by atoms with Gasteiger partial charge in [0.25, 0.3) is 0 Å². The van der Waals surface area contributed by atoms with E-state index in [4.69, 9.17) is 14.5 Å². The maximum atomic E-state index is 13.4. The van der Waals surface area contributed by atoms with E-state index < -0.39 is 0 Å². The van der Waals surface area contributed by atoms with Gasteiger partial charge in [0, 0.05) is 19.6 Å². The number of nitrogens with zero attached hydrogens (tertiary/aromatic N) is 4. The molecule has 1 N–H and O–H groups in total. The number of fused-ring (bicyclic) bond motifs is 2. The molecule has 35 heavy (non-hydrogen) atoms. The van der Waals surface area contributed by atoms with Crippen LogP contribution in [0.25, 0.3) is 16.0 Å². The topological polar surface area (TPSA) is 81.5 Å². The Morgan fingerprint density at radius 3 is 2.89 bits per heavy atom. The highest BCUT2D eigenvalue weighted by atomic mass is 32.1. The third kappa shape index (κ3) is 4.18. The van der Waals surface area contributed by atoms with Gasteiger partial charge in [-0.2, -0.15) is 10.1 Å². The molecule has 1 amide bonds. The first-order chi connectivity index (χ1) is 17.0. The predicted molar refractivity (Wildman–Crippen MR) is 131 cm³/mol. The molecule has 2 aliphatic heterocycles. The molecule has 4 heterocycles. The van der Waals surface area contributed by atoms with Crippen LogP contribution < -0.4 is 19.7 Å². The van der Waals surface area contributed by atoms with Crippen molar-refractivity contribution in [2.45, 2.75) is 26.3 Å². The molecular weight excluding hydrogens is 469 g/mol. The fraction of sp³-hybridized carbons (Fsp3) is 0.320. The standard InChI is InChI=1S/C25H24FN5O3S/c1-15-22-23(31(29-15)19-7-5-18(26)6-8-19)28-25(35-22)30-10-2-3-17(13-30)24(32)27-12-16-4-9-20-21(11-16)34-14-33-20/h4-9,11,17H,2-3,10,12-14H2,1H3,(H,27,32)/t17-/m1/s1. The predicted octanol–water partition coefficient (Wildman–Crippen LogP) is 4.19. The fourth-order valence-corrected chi connectivity index (χ4v) is 5.59. The second-order valence-corrected chi connectivity index (χ2v) is 9.79. The van der Waals surface area contributed by atoms with E-state index in [2.05, 4.69) is 15.3 Å². The van der Waals surface area contributed by atoms with E-state index in [1.54, 1.807) is 28.2 Å². The van der Waals surface area contributed by atoms with Crippen molar-refractivity contribution in [3.8, 4) is 17.2 Å². The molecule has 0 radical (unpaired) electrons. The number of thiazole rings is 1. The number of carbonyl (C=O) groups is 1. The number of anilines is 1. The lowest BCUT2D eigenvalue weighted by atomic mass is 9.97. The third-order valence-corrected chi connectivity index (χ3v) is 7.63. The van der Waals surface area contributed by atoms with Gasteiger partial charge in [0.15, 0.2) is 22.3 Å². The molecule has 6 rings (SSSR count). The summed E-state index contributed by atoms with van der Waals surface area (Å²) in [5, 5.41) is 8.55. The third-order valence-electron chi connectivity index (χ3n) is 6.41. The molecular formula is C25H24FN5O3S. The molecule has 0 saturated carbocycles. The Kier molecular flexibility index (Phi) is 5.52. The van der Waals surface area contributed by atoms with Crippen LogP contribution in [0, 0.1) is 18.7 Å². The van der Waals surface area contributed by atoms with Gasteiger partial charge in [0.1, 0.15) is 5.82 Å². The fourth-order valence-electron chi connectivity index (χ4n) is 4.57. The number of hydrogen-bond donors (Lipinski definition) is 1. The molecule has 0 spiro atoms. The normalized spacial score (nSPS) is 17.2. The highest BCUT2D eigenvalue weighted by Crippen LogP contribution is 2.35. The average molecular weight is 494 g/mol. The van der Waals surface area contributed by atoms with Crippen molar-refractivity contribution < 1.29 is 18.7 Å². The van der Waals surface area contributed by atoms with E-state index in [1.807, 2.05) is 25.1 Å². The van der Waals surface area contributed by atoms with E-state index in [9.17, 15) is 9.18 Å². The van der Waals surface area contributed by atoms with Crippen molar-refractivity contribution in [1.82, 2.24) is 20.1 Å². The van der Waals surface area contributed by atoms with E-state index in [0.29, 0.717) is 18.8 Å². The zero-order valence-electron chi connectivity index (χ0n) is 19.2. The van der Waals surface area contributed by atoms with Gasteiger partial charge in [-0.25, -0.2) is 9.07 Å². The Bertz CT molecular complexity index is 1400. The van der Waals surface area contributed by atoms with Gasteiger partial charge in [-0.1, -0.05) is 17.4 Å². The van der Waals surface area contributed by atoms with Gasteiger partial charge in [0.05, 0.1) is 22.0 Å². The van der Waals surface area contributed by atoms with E-state index in [1.165, 1.54) is 12.1 Å². The minimum absolute atomic E-state index is 0.0437. The van der Waals surface area contributed by atoms with Crippen molar-refractivity contribution >= 4 is 32.7 Å². The first kappa shape index (κ1) is 21.8. The first-order valence-corrected chi connectivity index (χ1v) is 12.4. The molecule has 10 heteroatoms. The maximum absolute atomic E-state index is 13.4. The van der Waals surface area contributed by atoms with Crippen LogP contribution in [0.2, 0.25) is 0 Å². The summed E-state index contributed by atoms with van der Waals surface area (Å²) >= 11 is 1.58. The number of rotatable bonds is 5. The lowest BCUT2D eigenvalue weighted by molar-refractivity contribution is -0.125. The number of aromatic nitrogens is 3. The number of benzene rings is 2. The molecule has 2 aromatic heterocycles. The van der Waals surface area contributed by atoms with Crippen LogP contribution in [0.5, 0.6) is 11.5 Å². The summed E-state index contributed by atoms with van der Waals surface area (Å²) in [6.45, 7) is 4.10. The van der Waals surface area contributed by atoms with Crippen LogP contribution in [0.3, 0.4) is 0 Å². The van der Waals surface area contributed by atoms with Crippen molar-refractivity contribution in [3.63, 3.8) is 0 Å². The molecule has 180 valence electrons. The summed E-state index contributed by atoms with van der Waals surface area (Å²) in [5.74, 6) is 1.09. The zero-order valence-corrected chi connectivity index (χ0v) is 20.0. The molecule has 0 unspecified atom stereocenters. The second-order valence-electron chi connectivity index (χ2n) is 8.81. The number of ether oxygens (including phenoxy) is 2. The van der Waals surface area contributed by atoms with Crippen LogP contribution in [0.4, 0.5) is 9.52 Å². The molecule has 2 aromatic carbocycles. The summed E-state index contributed by atoms with van der Waals surface area (Å²) in [5.41, 5.74) is 3.37. The Labute approximate surface area is 205 Å². The number of carbonyl (C=O) groups excluding carboxylic acids is 1. The van der Waals surface area contributed by atoms with Gasteiger partial charge in [-0.15, -0.1) is 0 Å². The Morgan fingerprint density at radius 2 is 2.03 bits per heavy atom. The Balaban J connectivity index is 1.16. The Morgan fingerprint density at radius 1 is 1.20 bits per heavy atom.